The molecule has 0 saturated heterocycles. The minimum Gasteiger partial charge on any atom is -0.373 e. The van der Waals surface area contributed by atoms with Crippen molar-refractivity contribution in [3.8, 4) is 0 Å². The van der Waals surface area contributed by atoms with Gasteiger partial charge in [-0.15, -0.1) is 0 Å². The highest BCUT2D eigenvalue weighted by atomic mass is 16.6. The summed E-state index contributed by atoms with van der Waals surface area (Å²) in [7, 11) is 1.73. The van der Waals surface area contributed by atoms with Crippen molar-refractivity contribution >= 4 is 11.5 Å². The monoisotopic (exact) mass is 275 g/mol. The number of aromatic nitrogens is 3. The first-order valence-electron chi connectivity index (χ1n) is 5.87. The van der Waals surface area contributed by atoms with Gasteiger partial charge < -0.3 is 9.88 Å². The van der Waals surface area contributed by atoms with E-state index in [1.54, 1.807) is 13.1 Å². The fourth-order valence-corrected chi connectivity index (χ4v) is 1.77. The lowest BCUT2D eigenvalue weighted by Gasteiger charge is -2.07. The van der Waals surface area contributed by atoms with Crippen LogP contribution in [0.15, 0.2) is 29.2 Å². The Kier molecular flexibility index (Phi) is 3.74. The Balaban J connectivity index is 2.40. The van der Waals surface area contributed by atoms with E-state index in [0.717, 1.165) is 5.69 Å². The van der Waals surface area contributed by atoms with Gasteiger partial charge in [0.25, 0.3) is 0 Å². The molecule has 104 valence electrons. The highest BCUT2D eigenvalue weighted by Gasteiger charge is 2.14. The van der Waals surface area contributed by atoms with Crippen molar-refractivity contribution in [1.29, 1.82) is 0 Å². The molecule has 8 nitrogen and oxygen atoms in total. The van der Waals surface area contributed by atoms with E-state index in [9.17, 15) is 14.9 Å². The highest BCUT2D eigenvalue weighted by molar-refractivity contribution is 5.34. The number of nitrogens with zero attached hydrogens (tertiary/aromatic N) is 4. The second-order valence-corrected chi connectivity index (χ2v) is 4.14. The standard InChI is InChI=1S/C12H13N5O3/c1-8-6-10(13-2)15-11(14-8)7-16-5-3-4-9(12(16)18)17(19)20/h3-6H,7H2,1-2H3,(H,13,14,15). The van der Waals surface area contributed by atoms with E-state index in [-0.39, 0.29) is 6.54 Å². The Labute approximate surface area is 114 Å². The molecule has 2 aromatic rings. The quantitative estimate of drug-likeness (QED) is 0.658. The van der Waals surface area contributed by atoms with Crippen LogP contribution in [0.1, 0.15) is 11.5 Å². The molecule has 0 aliphatic carbocycles. The zero-order valence-electron chi connectivity index (χ0n) is 11.0. The summed E-state index contributed by atoms with van der Waals surface area (Å²) < 4.78 is 1.21. The molecule has 0 atom stereocenters. The normalized spacial score (nSPS) is 10.3. The van der Waals surface area contributed by atoms with Crippen LogP contribution >= 0.6 is 0 Å². The second-order valence-electron chi connectivity index (χ2n) is 4.14. The Hall–Kier alpha value is -2.77. The number of hydrogen-bond donors (Lipinski definition) is 1. The first-order valence-corrected chi connectivity index (χ1v) is 5.87. The molecule has 0 amide bonds. The molecular formula is C12H13N5O3. The van der Waals surface area contributed by atoms with Crippen molar-refractivity contribution in [3.63, 3.8) is 0 Å². The first-order chi connectivity index (χ1) is 9.51. The molecule has 2 rings (SSSR count). The van der Waals surface area contributed by atoms with Gasteiger partial charge in [-0.05, 0) is 13.0 Å². The van der Waals surface area contributed by atoms with Crippen molar-refractivity contribution in [2.75, 3.05) is 12.4 Å². The van der Waals surface area contributed by atoms with Gasteiger partial charge >= 0.3 is 11.2 Å². The van der Waals surface area contributed by atoms with Crippen LogP contribution in [0, 0.1) is 17.0 Å². The van der Waals surface area contributed by atoms with Crippen LogP contribution < -0.4 is 10.9 Å². The summed E-state index contributed by atoms with van der Waals surface area (Å²) in [6.07, 6.45) is 1.47. The van der Waals surface area contributed by atoms with Gasteiger partial charge in [0.1, 0.15) is 5.82 Å². The molecule has 0 aromatic carbocycles. The molecule has 0 bridgehead atoms. The number of nitrogens with one attached hydrogen (secondary N) is 1. The molecule has 0 radical (unpaired) electrons. The summed E-state index contributed by atoms with van der Waals surface area (Å²) >= 11 is 0. The van der Waals surface area contributed by atoms with Gasteiger partial charge in [-0.2, -0.15) is 0 Å². The van der Waals surface area contributed by atoms with Crippen LogP contribution in [0.2, 0.25) is 0 Å². The lowest BCUT2D eigenvalue weighted by Crippen LogP contribution is -2.23. The van der Waals surface area contributed by atoms with Crippen LogP contribution in [0.5, 0.6) is 0 Å². The number of nitro groups is 1. The van der Waals surface area contributed by atoms with Gasteiger partial charge in [-0.25, -0.2) is 9.97 Å². The van der Waals surface area contributed by atoms with E-state index in [1.165, 1.54) is 22.9 Å². The molecule has 0 aliphatic rings. The molecule has 0 spiro atoms. The molecule has 0 aliphatic heterocycles. The lowest BCUT2D eigenvalue weighted by molar-refractivity contribution is -0.386. The van der Waals surface area contributed by atoms with E-state index in [1.807, 2.05) is 6.92 Å². The van der Waals surface area contributed by atoms with Crippen LogP contribution in [-0.2, 0) is 6.54 Å². The Morgan fingerprint density at radius 2 is 2.20 bits per heavy atom. The van der Waals surface area contributed by atoms with Gasteiger partial charge in [0.15, 0.2) is 5.82 Å². The largest absolute Gasteiger partial charge is 0.373 e. The smallest absolute Gasteiger partial charge is 0.334 e. The average Bonchev–Trinajstić information content (AvgIpc) is 2.40. The molecule has 20 heavy (non-hydrogen) atoms. The topological polar surface area (TPSA) is 103 Å². The predicted octanol–water partition coefficient (Wildman–Crippen LogP) is 0.945. The molecule has 1 N–H and O–H groups in total. The van der Waals surface area contributed by atoms with Gasteiger partial charge in [0.2, 0.25) is 0 Å². The number of hydrogen-bond acceptors (Lipinski definition) is 6. The lowest BCUT2D eigenvalue weighted by atomic mass is 10.3. The van der Waals surface area contributed by atoms with Crippen LogP contribution in [0.4, 0.5) is 11.5 Å². The Morgan fingerprint density at radius 3 is 2.85 bits per heavy atom. The summed E-state index contributed by atoms with van der Waals surface area (Å²) in [4.78, 5) is 30.4. The van der Waals surface area contributed by atoms with E-state index < -0.39 is 16.2 Å². The van der Waals surface area contributed by atoms with Crippen molar-refractivity contribution in [3.05, 3.63) is 56.4 Å². The number of anilines is 1. The highest BCUT2D eigenvalue weighted by Crippen LogP contribution is 2.07. The zero-order chi connectivity index (χ0) is 14.7. The van der Waals surface area contributed by atoms with Crippen LogP contribution in [-0.4, -0.2) is 26.5 Å². The van der Waals surface area contributed by atoms with E-state index >= 15 is 0 Å². The van der Waals surface area contributed by atoms with Crippen LogP contribution in [0.3, 0.4) is 0 Å². The van der Waals surface area contributed by atoms with E-state index in [2.05, 4.69) is 15.3 Å². The summed E-state index contributed by atoms with van der Waals surface area (Å²) in [5, 5.41) is 13.6. The fraction of sp³-hybridized carbons (Fsp3) is 0.250. The maximum absolute atomic E-state index is 11.9. The van der Waals surface area contributed by atoms with Gasteiger partial charge in [0, 0.05) is 31.1 Å². The molecule has 0 fully saturated rings. The fourth-order valence-electron chi connectivity index (χ4n) is 1.77. The van der Waals surface area contributed by atoms with Crippen molar-refractivity contribution < 1.29 is 4.92 Å². The second kappa shape index (κ2) is 5.47. The third-order valence-corrected chi connectivity index (χ3v) is 2.67. The van der Waals surface area contributed by atoms with Crippen LogP contribution in [0.25, 0.3) is 0 Å². The average molecular weight is 275 g/mol. The number of pyridine rings is 1. The van der Waals surface area contributed by atoms with Gasteiger partial charge in [-0.3, -0.25) is 14.9 Å². The molecule has 0 unspecified atom stereocenters. The molecule has 0 saturated carbocycles. The van der Waals surface area contributed by atoms with E-state index in [0.29, 0.717) is 11.6 Å². The Morgan fingerprint density at radius 1 is 1.45 bits per heavy atom. The maximum atomic E-state index is 11.9. The maximum Gasteiger partial charge on any atom is 0.334 e. The summed E-state index contributed by atoms with van der Waals surface area (Å²) in [5.74, 6) is 1.04. The van der Waals surface area contributed by atoms with Crippen molar-refractivity contribution in [2.24, 2.45) is 0 Å². The van der Waals surface area contributed by atoms with Crippen molar-refractivity contribution in [2.45, 2.75) is 13.5 Å². The zero-order valence-corrected chi connectivity index (χ0v) is 11.0. The van der Waals surface area contributed by atoms with Gasteiger partial charge in [0.05, 0.1) is 11.5 Å². The third-order valence-electron chi connectivity index (χ3n) is 2.67. The minimum atomic E-state index is -0.699. The van der Waals surface area contributed by atoms with Gasteiger partial charge in [-0.1, -0.05) is 0 Å². The Bertz CT molecular complexity index is 710. The predicted molar refractivity (Wildman–Crippen MR) is 72.8 cm³/mol. The summed E-state index contributed by atoms with van der Waals surface area (Å²) in [5.41, 5.74) is -0.388. The first kappa shape index (κ1) is 13.7. The molecular weight excluding hydrogens is 262 g/mol. The van der Waals surface area contributed by atoms with Crippen molar-refractivity contribution in [1.82, 2.24) is 14.5 Å². The number of rotatable bonds is 4. The third kappa shape index (κ3) is 2.79. The molecule has 2 heterocycles. The van der Waals surface area contributed by atoms with E-state index in [4.69, 9.17) is 0 Å². The molecule has 2 aromatic heterocycles. The number of aryl methyl sites for hydroxylation is 1. The SMILES string of the molecule is CNc1cc(C)nc(Cn2cccc([N+](=O)[O-])c2=O)n1. The minimum absolute atomic E-state index is 0.0802. The molecule has 8 heteroatoms. The summed E-state index contributed by atoms with van der Waals surface area (Å²) in [6, 6.07) is 4.39. The summed E-state index contributed by atoms with van der Waals surface area (Å²) in [6.45, 7) is 1.89.